The lowest BCUT2D eigenvalue weighted by molar-refractivity contribution is -0.142. The third-order valence-electron chi connectivity index (χ3n) is 5.30. The lowest BCUT2D eigenvalue weighted by atomic mass is 9.67. The number of carboxylic acids is 1. The van der Waals surface area contributed by atoms with Crippen LogP contribution in [0.4, 0.5) is 0 Å². The van der Waals surface area contributed by atoms with Crippen LogP contribution in [0.3, 0.4) is 0 Å². The van der Waals surface area contributed by atoms with Crippen molar-refractivity contribution >= 4 is 11.9 Å². The van der Waals surface area contributed by atoms with Gasteiger partial charge in [-0.25, -0.2) is 0 Å². The lowest BCUT2D eigenvalue weighted by Crippen LogP contribution is -2.51. The molecular formula is C19H27NO3. The summed E-state index contributed by atoms with van der Waals surface area (Å²) in [5, 5.41) is 12.1. The predicted octanol–water partition coefficient (Wildman–Crippen LogP) is 3.42. The third-order valence-corrected chi connectivity index (χ3v) is 5.30. The first-order chi connectivity index (χ1) is 10.9. The van der Waals surface area contributed by atoms with Gasteiger partial charge in [-0.2, -0.15) is 0 Å². The Bertz CT molecular complexity index is 576. The highest BCUT2D eigenvalue weighted by atomic mass is 16.4. The van der Waals surface area contributed by atoms with E-state index in [0.29, 0.717) is 0 Å². The molecule has 0 bridgehead atoms. The van der Waals surface area contributed by atoms with Crippen molar-refractivity contribution in [1.29, 1.82) is 0 Å². The number of nitrogens with one attached hydrogen (secondary N) is 1. The molecule has 0 radical (unpaired) electrons. The summed E-state index contributed by atoms with van der Waals surface area (Å²) in [4.78, 5) is 24.3. The van der Waals surface area contributed by atoms with Crippen LogP contribution >= 0.6 is 0 Å². The quantitative estimate of drug-likeness (QED) is 0.874. The van der Waals surface area contributed by atoms with Crippen LogP contribution in [0.5, 0.6) is 0 Å². The summed E-state index contributed by atoms with van der Waals surface area (Å²) in [6.07, 6.45) is 4.88. The van der Waals surface area contributed by atoms with E-state index in [1.807, 2.05) is 31.2 Å². The number of hydrogen-bond donors (Lipinski definition) is 2. The van der Waals surface area contributed by atoms with Crippen LogP contribution in [0.25, 0.3) is 0 Å². The number of benzene rings is 1. The smallest absolute Gasteiger partial charge is 0.308 e. The molecule has 1 amide bonds. The Morgan fingerprint density at radius 3 is 2.30 bits per heavy atom. The van der Waals surface area contributed by atoms with Crippen molar-refractivity contribution < 1.29 is 14.7 Å². The molecule has 0 heterocycles. The minimum Gasteiger partial charge on any atom is -0.481 e. The molecule has 23 heavy (non-hydrogen) atoms. The van der Waals surface area contributed by atoms with Crippen molar-refractivity contribution in [2.45, 2.75) is 64.3 Å². The Balaban J connectivity index is 2.30. The molecule has 2 atom stereocenters. The van der Waals surface area contributed by atoms with Crippen molar-refractivity contribution in [2.75, 3.05) is 0 Å². The lowest BCUT2D eigenvalue weighted by Gasteiger charge is -2.38. The van der Waals surface area contributed by atoms with E-state index in [-0.39, 0.29) is 11.9 Å². The van der Waals surface area contributed by atoms with Gasteiger partial charge in [0.15, 0.2) is 0 Å². The number of rotatable bonds is 5. The molecule has 1 aromatic rings. The van der Waals surface area contributed by atoms with E-state index in [0.717, 1.165) is 43.2 Å². The standard InChI is InChI=1S/C19H27NO3/c1-13-9-5-6-10-16(13)19(11-7-4-8-12-19)18(23)20-15(3)14(2)17(21)22/h5-6,9-10,14-15H,4,7-8,11-12H2,1-3H3,(H,20,23)(H,21,22). The molecule has 1 aliphatic carbocycles. The van der Waals surface area contributed by atoms with Crippen LogP contribution in [-0.4, -0.2) is 23.0 Å². The second-order valence-electron chi connectivity index (χ2n) is 6.85. The van der Waals surface area contributed by atoms with E-state index in [2.05, 4.69) is 5.32 Å². The molecule has 4 heteroatoms. The van der Waals surface area contributed by atoms with Gasteiger partial charge in [0.25, 0.3) is 0 Å². The largest absolute Gasteiger partial charge is 0.481 e. The maximum atomic E-state index is 13.1. The molecule has 1 aliphatic rings. The zero-order valence-electron chi connectivity index (χ0n) is 14.3. The first-order valence-corrected chi connectivity index (χ1v) is 8.48. The maximum Gasteiger partial charge on any atom is 0.308 e. The van der Waals surface area contributed by atoms with E-state index < -0.39 is 17.3 Å². The van der Waals surface area contributed by atoms with E-state index in [1.54, 1.807) is 13.8 Å². The van der Waals surface area contributed by atoms with Crippen molar-refractivity contribution in [3.8, 4) is 0 Å². The van der Waals surface area contributed by atoms with Gasteiger partial charge < -0.3 is 10.4 Å². The normalized spacial score (nSPS) is 19.6. The topological polar surface area (TPSA) is 66.4 Å². The summed E-state index contributed by atoms with van der Waals surface area (Å²) >= 11 is 0. The average Bonchev–Trinajstić information content (AvgIpc) is 2.54. The van der Waals surface area contributed by atoms with E-state index in [1.165, 1.54) is 0 Å². The Hall–Kier alpha value is -1.84. The maximum absolute atomic E-state index is 13.1. The monoisotopic (exact) mass is 317 g/mol. The zero-order valence-corrected chi connectivity index (χ0v) is 14.3. The fourth-order valence-corrected chi connectivity index (χ4v) is 3.57. The number of aliphatic carboxylic acids is 1. The van der Waals surface area contributed by atoms with Gasteiger partial charge in [-0.1, -0.05) is 43.5 Å². The third kappa shape index (κ3) is 3.57. The number of amides is 1. The van der Waals surface area contributed by atoms with Crippen LogP contribution in [0, 0.1) is 12.8 Å². The molecule has 0 aliphatic heterocycles. The van der Waals surface area contributed by atoms with E-state index >= 15 is 0 Å². The molecule has 4 nitrogen and oxygen atoms in total. The average molecular weight is 317 g/mol. The van der Waals surface area contributed by atoms with Crippen molar-refractivity contribution in [2.24, 2.45) is 5.92 Å². The molecule has 2 rings (SSSR count). The highest BCUT2D eigenvalue weighted by Crippen LogP contribution is 2.41. The second-order valence-corrected chi connectivity index (χ2v) is 6.85. The first kappa shape index (κ1) is 17.5. The van der Waals surface area contributed by atoms with Gasteiger partial charge in [0.2, 0.25) is 5.91 Å². The van der Waals surface area contributed by atoms with Gasteiger partial charge in [0.1, 0.15) is 0 Å². The second kappa shape index (κ2) is 7.16. The van der Waals surface area contributed by atoms with Crippen molar-refractivity contribution in [3.05, 3.63) is 35.4 Å². The van der Waals surface area contributed by atoms with Gasteiger partial charge in [0, 0.05) is 6.04 Å². The van der Waals surface area contributed by atoms with Crippen LogP contribution in [0.15, 0.2) is 24.3 Å². The summed E-state index contributed by atoms with van der Waals surface area (Å²) in [5.74, 6) is -1.50. The van der Waals surface area contributed by atoms with E-state index in [9.17, 15) is 9.59 Å². The number of carbonyl (C=O) groups is 2. The molecule has 0 saturated heterocycles. The molecule has 0 aromatic heterocycles. The minimum atomic E-state index is -0.883. The molecule has 1 saturated carbocycles. The Morgan fingerprint density at radius 2 is 1.74 bits per heavy atom. The molecule has 1 aromatic carbocycles. The Morgan fingerprint density at radius 1 is 1.13 bits per heavy atom. The molecular weight excluding hydrogens is 290 g/mol. The number of carboxylic acid groups (broad SMARTS) is 1. The minimum absolute atomic E-state index is 0.0212. The first-order valence-electron chi connectivity index (χ1n) is 8.48. The van der Waals surface area contributed by atoms with Crippen LogP contribution < -0.4 is 5.32 Å². The summed E-state index contributed by atoms with van der Waals surface area (Å²) in [6, 6.07) is 7.67. The molecule has 0 spiro atoms. The van der Waals surface area contributed by atoms with Gasteiger partial charge >= 0.3 is 5.97 Å². The van der Waals surface area contributed by atoms with Gasteiger partial charge in [-0.15, -0.1) is 0 Å². The number of hydrogen-bond acceptors (Lipinski definition) is 2. The summed E-state index contributed by atoms with van der Waals surface area (Å²) in [6.45, 7) is 5.45. The molecule has 2 unspecified atom stereocenters. The number of carbonyl (C=O) groups excluding carboxylic acids is 1. The fraction of sp³-hybridized carbons (Fsp3) is 0.579. The molecule has 126 valence electrons. The highest BCUT2D eigenvalue weighted by molar-refractivity contribution is 5.89. The Kier molecular flexibility index (Phi) is 5.45. The molecule has 1 fully saturated rings. The van der Waals surface area contributed by atoms with Gasteiger partial charge in [0.05, 0.1) is 11.3 Å². The van der Waals surface area contributed by atoms with E-state index in [4.69, 9.17) is 5.11 Å². The van der Waals surface area contributed by atoms with Gasteiger partial charge in [-0.05, 0) is 44.7 Å². The van der Waals surface area contributed by atoms with Crippen LogP contribution in [0.1, 0.15) is 57.1 Å². The summed E-state index contributed by atoms with van der Waals surface area (Å²) < 4.78 is 0. The van der Waals surface area contributed by atoms with Crippen LogP contribution in [-0.2, 0) is 15.0 Å². The van der Waals surface area contributed by atoms with Crippen LogP contribution in [0.2, 0.25) is 0 Å². The SMILES string of the molecule is Cc1ccccc1C1(C(=O)NC(C)C(C)C(=O)O)CCCCC1. The van der Waals surface area contributed by atoms with Gasteiger partial charge in [-0.3, -0.25) is 9.59 Å². The summed E-state index contributed by atoms with van der Waals surface area (Å²) in [5.41, 5.74) is 1.70. The predicted molar refractivity (Wildman–Crippen MR) is 90.3 cm³/mol. The van der Waals surface area contributed by atoms with Crippen molar-refractivity contribution in [3.63, 3.8) is 0 Å². The fourth-order valence-electron chi connectivity index (χ4n) is 3.57. The zero-order chi connectivity index (χ0) is 17.0. The number of aryl methyl sites for hydroxylation is 1. The Labute approximate surface area is 138 Å². The molecule has 2 N–H and O–H groups in total. The summed E-state index contributed by atoms with van der Waals surface area (Å²) in [7, 11) is 0. The van der Waals surface area contributed by atoms with Crippen molar-refractivity contribution in [1.82, 2.24) is 5.32 Å². The highest BCUT2D eigenvalue weighted by Gasteiger charge is 2.42.